The van der Waals surface area contributed by atoms with Gasteiger partial charge in [0.2, 0.25) is 5.82 Å². The van der Waals surface area contributed by atoms with E-state index in [4.69, 9.17) is 17.3 Å². The fraction of sp³-hybridized carbons (Fsp3) is 0.429. The molecule has 0 fully saturated rings. The molecule has 0 bridgehead atoms. The lowest BCUT2D eigenvalue weighted by Crippen LogP contribution is -2.55. The van der Waals surface area contributed by atoms with Crippen LogP contribution in [0.4, 0.5) is 0 Å². The van der Waals surface area contributed by atoms with Crippen LogP contribution in [0.5, 0.6) is 0 Å². The van der Waals surface area contributed by atoms with E-state index in [9.17, 15) is 0 Å². The second kappa shape index (κ2) is 2.25. The van der Waals surface area contributed by atoms with Crippen molar-refractivity contribution in [3.05, 3.63) is 23.8 Å². The Balaban J connectivity index is 3.02. The van der Waals surface area contributed by atoms with Crippen LogP contribution in [-0.4, -0.2) is 10.6 Å². The summed E-state index contributed by atoms with van der Waals surface area (Å²) in [6.45, 7) is 3.99. The molecule has 0 saturated carbocycles. The molecule has 0 aromatic carbocycles. The van der Waals surface area contributed by atoms with E-state index in [0.717, 1.165) is 0 Å². The summed E-state index contributed by atoms with van der Waals surface area (Å²) in [6, 6.07) is 0.215. The summed E-state index contributed by atoms with van der Waals surface area (Å²) in [5, 5.41) is 0. The summed E-state index contributed by atoms with van der Waals surface area (Å²) < 4.78 is 0.131. The zero-order valence-electron chi connectivity index (χ0n) is 6.91. The Morgan fingerprint density at radius 3 is 2.09 bits per heavy atom. The average Bonchev–Trinajstić information content (AvgIpc) is 2.18. The number of hydrogen-bond donors (Lipinski definition) is 3. The van der Waals surface area contributed by atoms with Crippen molar-refractivity contribution in [3.8, 4) is 0 Å². The summed E-state index contributed by atoms with van der Waals surface area (Å²) in [5.41, 5.74) is 11.8. The molecule has 0 amide bonds. The first-order valence-corrected chi connectivity index (χ1v) is 3.60. The molecule has 0 aliphatic carbocycles. The lowest BCUT2D eigenvalue weighted by atomic mass is 10.3. The maximum atomic E-state index is 5.92. The quantitative estimate of drug-likeness (QED) is 0.359. The van der Waals surface area contributed by atoms with Gasteiger partial charge in [0, 0.05) is 6.08 Å². The van der Waals surface area contributed by atoms with Crippen LogP contribution >= 0.6 is 0 Å². The van der Waals surface area contributed by atoms with Crippen LogP contribution in [0.25, 0.3) is 0 Å². The molecule has 0 radical (unpaired) electrons. The van der Waals surface area contributed by atoms with Crippen LogP contribution in [0, 0.1) is 0 Å². The van der Waals surface area contributed by atoms with Crippen molar-refractivity contribution in [2.75, 3.05) is 0 Å². The van der Waals surface area contributed by atoms with Crippen LogP contribution in [-0.2, 0) is 0 Å². The molecule has 0 aromatic rings. The van der Waals surface area contributed by atoms with Crippen LogP contribution in [0.15, 0.2) is 23.8 Å². The number of nitrogens with two attached hydrogens (primary N) is 3. The van der Waals surface area contributed by atoms with Gasteiger partial charge in [-0.3, -0.25) is 0 Å². The Hall–Kier alpha value is -1.00. The van der Waals surface area contributed by atoms with Crippen molar-refractivity contribution in [2.45, 2.75) is 19.9 Å². The first-order chi connectivity index (χ1) is 4.98. The van der Waals surface area contributed by atoms with Crippen LogP contribution in [0.1, 0.15) is 13.8 Å². The lowest BCUT2D eigenvalue weighted by Gasteiger charge is -2.29. The molecule has 62 valence electrons. The maximum absolute atomic E-state index is 5.92. The average molecular weight is 155 g/mol. The number of rotatable bonds is 1. The molecule has 11 heavy (non-hydrogen) atoms. The molecule has 4 nitrogen and oxygen atoms in total. The molecule has 0 spiro atoms. The van der Waals surface area contributed by atoms with Gasteiger partial charge >= 0.3 is 0 Å². The minimum absolute atomic E-state index is 0.131. The highest BCUT2D eigenvalue weighted by Crippen LogP contribution is 2.21. The minimum Gasteiger partial charge on any atom is -0.392 e. The van der Waals surface area contributed by atoms with E-state index in [1.54, 1.807) is 12.3 Å². The molecule has 4 heteroatoms. The number of allylic oxidation sites excluding steroid dienone is 1. The molecular formula is C7H15N4+. The van der Waals surface area contributed by atoms with Gasteiger partial charge < -0.3 is 11.5 Å². The fourth-order valence-electron chi connectivity index (χ4n) is 1.04. The van der Waals surface area contributed by atoms with Crippen molar-refractivity contribution >= 4 is 0 Å². The van der Waals surface area contributed by atoms with Crippen molar-refractivity contribution < 1.29 is 4.59 Å². The highest BCUT2D eigenvalue weighted by molar-refractivity contribution is 5.21. The standard InChI is InChI=1S/C7H15N4/c1-5(2)11(10)4-3-6(8)7(11)9/h3-5H,8-10H2,1-2H3/q+1. The van der Waals surface area contributed by atoms with Gasteiger partial charge in [0.15, 0.2) is 0 Å². The summed E-state index contributed by atoms with van der Waals surface area (Å²) in [4.78, 5) is 0. The molecule has 1 heterocycles. The van der Waals surface area contributed by atoms with Gasteiger partial charge in [0.1, 0.15) is 17.9 Å². The third-order valence-electron chi connectivity index (χ3n) is 2.07. The monoisotopic (exact) mass is 155 g/mol. The predicted molar refractivity (Wildman–Crippen MR) is 44.1 cm³/mol. The molecule has 1 aliphatic rings. The molecule has 1 unspecified atom stereocenters. The maximum Gasteiger partial charge on any atom is 0.246 e. The van der Waals surface area contributed by atoms with Gasteiger partial charge in [-0.15, -0.1) is 0 Å². The highest BCUT2D eigenvalue weighted by Gasteiger charge is 2.34. The third-order valence-corrected chi connectivity index (χ3v) is 2.07. The molecular weight excluding hydrogens is 140 g/mol. The smallest absolute Gasteiger partial charge is 0.246 e. The van der Waals surface area contributed by atoms with E-state index >= 15 is 0 Å². The van der Waals surface area contributed by atoms with E-state index in [2.05, 4.69) is 0 Å². The van der Waals surface area contributed by atoms with E-state index in [1.807, 2.05) is 13.8 Å². The second-order valence-electron chi connectivity index (χ2n) is 3.08. The van der Waals surface area contributed by atoms with Gasteiger partial charge in [-0.1, -0.05) is 0 Å². The first kappa shape index (κ1) is 8.10. The number of quaternary nitrogens is 1. The third kappa shape index (κ3) is 1.00. The Bertz CT molecular complexity index is 229. The lowest BCUT2D eigenvalue weighted by molar-refractivity contribution is -0.874. The minimum atomic E-state index is 0.131. The van der Waals surface area contributed by atoms with E-state index in [1.165, 1.54) is 0 Å². The van der Waals surface area contributed by atoms with Gasteiger partial charge in [0.25, 0.3) is 0 Å². The predicted octanol–water partition coefficient (Wildman–Crippen LogP) is -0.301. The second-order valence-corrected chi connectivity index (χ2v) is 3.08. The molecule has 0 aromatic heterocycles. The van der Waals surface area contributed by atoms with Crippen molar-refractivity contribution in [1.82, 2.24) is 0 Å². The van der Waals surface area contributed by atoms with Gasteiger partial charge in [-0.05, 0) is 13.8 Å². The Kier molecular flexibility index (Phi) is 1.66. The molecule has 1 aliphatic heterocycles. The van der Waals surface area contributed by atoms with E-state index < -0.39 is 0 Å². The van der Waals surface area contributed by atoms with Crippen molar-refractivity contribution in [3.63, 3.8) is 0 Å². The van der Waals surface area contributed by atoms with Crippen LogP contribution in [0.2, 0.25) is 0 Å². The SMILES string of the molecule is CC(C)[N+]1(N)C=CC(N)=C1N. The van der Waals surface area contributed by atoms with E-state index in [0.29, 0.717) is 11.5 Å². The van der Waals surface area contributed by atoms with Crippen LogP contribution < -0.4 is 17.3 Å². The van der Waals surface area contributed by atoms with Gasteiger partial charge in [-0.25, -0.2) is 0 Å². The zero-order valence-corrected chi connectivity index (χ0v) is 6.91. The molecule has 0 saturated heterocycles. The van der Waals surface area contributed by atoms with E-state index in [-0.39, 0.29) is 10.6 Å². The number of nitrogens with zero attached hydrogens (tertiary/aromatic N) is 1. The zero-order chi connectivity index (χ0) is 8.65. The van der Waals surface area contributed by atoms with Crippen LogP contribution in [0.3, 0.4) is 0 Å². The van der Waals surface area contributed by atoms with Gasteiger partial charge in [-0.2, -0.15) is 10.4 Å². The Morgan fingerprint density at radius 1 is 1.36 bits per heavy atom. The molecule has 1 rings (SSSR count). The Morgan fingerprint density at radius 2 is 1.91 bits per heavy atom. The first-order valence-electron chi connectivity index (χ1n) is 3.60. The van der Waals surface area contributed by atoms with Crippen molar-refractivity contribution in [1.29, 1.82) is 0 Å². The van der Waals surface area contributed by atoms with Crippen molar-refractivity contribution in [2.24, 2.45) is 17.3 Å². The summed E-state index contributed by atoms with van der Waals surface area (Å²) in [5.74, 6) is 6.45. The van der Waals surface area contributed by atoms with Gasteiger partial charge in [0.05, 0.1) is 0 Å². The summed E-state index contributed by atoms with van der Waals surface area (Å²) in [6.07, 6.45) is 3.55. The fourth-order valence-corrected chi connectivity index (χ4v) is 1.04. The normalized spacial score (nSPS) is 30.5. The topological polar surface area (TPSA) is 78.1 Å². The number of hydrogen-bond acceptors (Lipinski definition) is 3. The summed E-state index contributed by atoms with van der Waals surface area (Å²) in [7, 11) is 0. The molecule has 6 N–H and O–H groups in total. The highest BCUT2D eigenvalue weighted by atomic mass is 15.6. The molecule has 1 atom stereocenters. The largest absolute Gasteiger partial charge is 0.392 e. The summed E-state index contributed by atoms with van der Waals surface area (Å²) >= 11 is 0. The Labute approximate surface area is 66.5 Å².